The molecule has 0 unspecified atom stereocenters. The molecule has 0 bridgehead atoms. The van der Waals surface area contributed by atoms with Crippen molar-refractivity contribution in [2.75, 3.05) is 13.2 Å². The number of aliphatic hydroxyl groups excluding tert-OH is 3. The van der Waals surface area contributed by atoms with Gasteiger partial charge in [-0.25, -0.2) is 0 Å². The minimum absolute atomic E-state index is 0.119. The molecule has 1 heterocycles. The highest BCUT2D eigenvalue weighted by Gasteiger charge is 2.59. The van der Waals surface area contributed by atoms with Crippen LogP contribution in [0, 0.1) is 5.92 Å². The molecule has 8 atom stereocenters. The van der Waals surface area contributed by atoms with E-state index in [-0.39, 0.29) is 18.9 Å². The normalized spacial score (nSPS) is 22.0. The topological polar surface area (TPSA) is 232 Å². The molecule has 0 aliphatic carbocycles. The van der Waals surface area contributed by atoms with Crippen LogP contribution in [0.1, 0.15) is 227 Å². The van der Waals surface area contributed by atoms with E-state index in [9.17, 15) is 34.5 Å². The first-order valence-corrected chi connectivity index (χ1v) is 25.9. The lowest BCUT2D eigenvalue weighted by Gasteiger charge is -2.53. The van der Waals surface area contributed by atoms with E-state index in [1.807, 2.05) is 0 Å². The third-order valence-electron chi connectivity index (χ3n) is 13.1. The fraction of sp³-hybridized carbons (Fsp3) is 0.882. The molecule has 64 heavy (non-hydrogen) atoms. The number of nitrogens with two attached hydrogens (primary N) is 3. The molecule has 0 aromatic carbocycles. The first kappa shape index (κ1) is 59.8. The SMILES string of the molecule is CCCCCCCC/C=C\CCCCCCCC(=O)N(CCCCCCCCCCCCCCCCCC)[C@]1(N)O[C@H](CO)[C@@H](O)[C@H](O)[C@H]1C(=O)[C@H](C)NC(=O)[C@](C)(N)C(=O)[C@H](C)N. The molecule has 0 saturated carbocycles. The largest absolute Gasteiger partial charge is 0.394 e. The van der Waals surface area contributed by atoms with E-state index < -0.39 is 71.8 Å². The molecule has 10 N–H and O–H groups in total. The molecule has 0 spiro atoms. The van der Waals surface area contributed by atoms with Crippen LogP contribution in [0.5, 0.6) is 0 Å². The fourth-order valence-electron chi connectivity index (χ4n) is 8.86. The summed E-state index contributed by atoms with van der Waals surface area (Å²) in [5.41, 5.74) is 16.7. The number of rotatable bonds is 40. The zero-order valence-corrected chi connectivity index (χ0v) is 41.3. The summed E-state index contributed by atoms with van der Waals surface area (Å²) in [4.78, 5) is 55.7. The van der Waals surface area contributed by atoms with E-state index in [0.717, 1.165) is 64.2 Å². The molecule has 0 aromatic heterocycles. The van der Waals surface area contributed by atoms with Gasteiger partial charge >= 0.3 is 0 Å². The predicted octanol–water partition coefficient (Wildman–Crippen LogP) is 8.16. The van der Waals surface area contributed by atoms with Crippen molar-refractivity contribution >= 4 is 23.4 Å². The minimum atomic E-state index is -2.27. The van der Waals surface area contributed by atoms with E-state index in [1.54, 1.807) is 0 Å². The monoisotopic (exact) mass is 908 g/mol. The number of hydrogen-bond donors (Lipinski definition) is 7. The highest BCUT2D eigenvalue weighted by molar-refractivity contribution is 6.12. The average molecular weight is 908 g/mol. The van der Waals surface area contributed by atoms with Crippen molar-refractivity contribution in [1.82, 2.24) is 10.2 Å². The number of carbonyl (C=O) groups excluding carboxylic acids is 4. The number of hydrogen-bond acceptors (Lipinski definition) is 11. The van der Waals surface area contributed by atoms with Crippen LogP contribution < -0.4 is 22.5 Å². The molecule has 13 heteroatoms. The molecule has 1 rings (SSSR count). The summed E-state index contributed by atoms with van der Waals surface area (Å²) < 4.78 is 6.11. The lowest BCUT2D eigenvalue weighted by Crippen LogP contribution is -2.76. The number of Topliss-reactive ketones (excluding diaryl/α,β-unsaturated/α-hetero) is 2. The van der Waals surface area contributed by atoms with Crippen molar-refractivity contribution in [3.05, 3.63) is 12.2 Å². The molecule has 1 saturated heterocycles. The van der Waals surface area contributed by atoms with Gasteiger partial charge in [0.1, 0.15) is 18.1 Å². The van der Waals surface area contributed by atoms with Gasteiger partial charge in [-0.05, 0) is 59.3 Å². The van der Waals surface area contributed by atoms with Gasteiger partial charge in [0, 0.05) is 13.0 Å². The Labute approximate surface area is 389 Å². The average Bonchev–Trinajstić information content (AvgIpc) is 3.26. The van der Waals surface area contributed by atoms with Gasteiger partial charge in [-0.2, -0.15) is 0 Å². The van der Waals surface area contributed by atoms with E-state index in [1.165, 1.54) is 135 Å². The van der Waals surface area contributed by atoms with Gasteiger partial charge in [0.05, 0.1) is 24.8 Å². The van der Waals surface area contributed by atoms with Crippen LogP contribution in [0.2, 0.25) is 0 Å². The molecule has 13 nitrogen and oxygen atoms in total. The Bertz CT molecular complexity index is 1300. The number of nitrogens with one attached hydrogen (secondary N) is 1. The molecule has 1 aliphatic heterocycles. The van der Waals surface area contributed by atoms with Gasteiger partial charge in [-0.3, -0.25) is 24.9 Å². The Hall–Kier alpha value is -2.26. The Kier molecular flexibility index (Phi) is 32.6. The predicted molar refractivity (Wildman–Crippen MR) is 259 cm³/mol. The van der Waals surface area contributed by atoms with Crippen molar-refractivity contribution in [2.45, 2.75) is 269 Å². The highest BCUT2D eigenvalue weighted by atomic mass is 16.6. The van der Waals surface area contributed by atoms with Gasteiger partial charge in [-0.15, -0.1) is 0 Å². The van der Waals surface area contributed by atoms with Gasteiger partial charge in [0.25, 0.3) is 0 Å². The quantitative estimate of drug-likeness (QED) is 0.0134. The fourth-order valence-corrected chi connectivity index (χ4v) is 8.86. The first-order chi connectivity index (χ1) is 30.6. The highest BCUT2D eigenvalue weighted by Crippen LogP contribution is 2.37. The molecule has 2 amide bonds. The molecule has 0 radical (unpaired) electrons. The Morgan fingerprint density at radius 2 is 1.09 bits per heavy atom. The molecule has 1 fully saturated rings. The second-order valence-corrected chi connectivity index (χ2v) is 19.2. The summed E-state index contributed by atoms with van der Waals surface area (Å²) in [7, 11) is 0. The molecular weight excluding hydrogens is 811 g/mol. The van der Waals surface area contributed by atoms with Crippen molar-refractivity contribution in [1.29, 1.82) is 0 Å². The molecule has 0 aromatic rings. The second kappa shape index (κ2) is 35.0. The van der Waals surface area contributed by atoms with Crippen LogP contribution in [0.15, 0.2) is 12.2 Å². The number of unbranched alkanes of at least 4 members (excludes halogenated alkanes) is 26. The first-order valence-electron chi connectivity index (χ1n) is 25.9. The van der Waals surface area contributed by atoms with Crippen LogP contribution in [0.4, 0.5) is 0 Å². The van der Waals surface area contributed by atoms with Crippen LogP contribution >= 0.6 is 0 Å². The Morgan fingerprint density at radius 3 is 1.52 bits per heavy atom. The lowest BCUT2D eigenvalue weighted by molar-refractivity contribution is -0.291. The summed E-state index contributed by atoms with van der Waals surface area (Å²) in [5.74, 6) is -6.92. The van der Waals surface area contributed by atoms with Gasteiger partial charge in [-0.1, -0.05) is 174 Å². The van der Waals surface area contributed by atoms with Gasteiger partial charge in [0.15, 0.2) is 17.1 Å². The van der Waals surface area contributed by atoms with Crippen molar-refractivity contribution in [3.63, 3.8) is 0 Å². The Morgan fingerprint density at radius 1 is 0.688 bits per heavy atom. The van der Waals surface area contributed by atoms with Crippen LogP contribution in [0.3, 0.4) is 0 Å². The number of aliphatic hydroxyl groups is 3. The zero-order valence-electron chi connectivity index (χ0n) is 41.3. The van der Waals surface area contributed by atoms with E-state index in [2.05, 4.69) is 31.3 Å². The summed E-state index contributed by atoms with van der Waals surface area (Å²) in [5, 5.41) is 35.2. The lowest BCUT2D eigenvalue weighted by atomic mass is 9.80. The maximum absolute atomic E-state index is 14.3. The number of amides is 2. The van der Waals surface area contributed by atoms with Crippen molar-refractivity contribution in [2.24, 2.45) is 23.1 Å². The molecule has 1 aliphatic rings. The third-order valence-corrected chi connectivity index (χ3v) is 13.1. The molecular formula is C51H97N5O8. The third kappa shape index (κ3) is 22.5. The zero-order chi connectivity index (χ0) is 47.8. The summed E-state index contributed by atoms with van der Waals surface area (Å²) >= 11 is 0. The number of allylic oxidation sites excluding steroid dienone is 2. The second-order valence-electron chi connectivity index (χ2n) is 19.2. The van der Waals surface area contributed by atoms with E-state index in [0.29, 0.717) is 12.8 Å². The minimum Gasteiger partial charge on any atom is -0.394 e. The van der Waals surface area contributed by atoms with Crippen LogP contribution in [0.25, 0.3) is 0 Å². The number of carbonyl (C=O) groups is 4. The number of ketones is 2. The van der Waals surface area contributed by atoms with Gasteiger partial charge < -0.3 is 41.7 Å². The van der Waals surface area contributed by atoms with Crippen LogP contribution in [-0.4, -0.2) is 98.5 Å². The van der Waals surface area contributed by atoms with Crippen LogP contribution in [-0.2, 0) is 23.9 Å². The summed E-state index contributed by atoms with van der Waals surface area (Å²) in [6.45, 7) is 7.81. The van der Waals surface area contributed by atoms with Crippen molar-refractivity contribution in [3.8, 4) is 0 Å². The van der Waals surface area contributed by atoms with E-state index >= 15 is 0 Å². The summed E-state index contributed by atoms with van der Waals surface area (Å²) in [6, 6.07) is -2.42. The smallest absolute Gasteiger partial charge is 0.248 e. The number of ether oxygens (including phenoxy) is 1. The maximum atomic E-state index is 14.3. The Balaban J connectivity index is 2.97. The van der Waals surface area contributed by atoms with E-state index in [4.69, 9.17) is 21.9 Å². The number of nitrogens with zero attached hydrogens (tertiary/aromatic N) is 1. The van der Waals surface area contributed by atoms with Crippen molar-refractivity contribution < 1.29 is 39.2 Å². The summed E-state index contributed by atoms with van der Waals surface area (Å²) in [6.07, 6.45) is 33.0. The standard InChI is InChI=1S/C51H97N5O8/c1-6-8-10-12-14-16-18-20-22-24-26-28-30-32-34-36-38-56(43(58)37-35-33-31-29-27-25-23-21-19-17-15-13-11-9-7-2)51(54)44(47(61)46(60)42(39-57)64-51)45(59)41(4)55-49(63)50(5,53)48(62)40(3)52/h21,23,40-42,44,46-47,57,60-61H,6-20,22,24-39,52-54H2,1-5H3,(H,55,63)/b23-21-/t40-,41-,42+,44+,46+,47+,50+,51-/m0/s1. The van der Waals surface area contributed by atoms with Gasteiger partial charge in [0.2, 0.25) is 17.7 Å². The molecule has 374 valence electrons. The maximum Gasteiger partial charge on any atom is 0.248 e.